The maximum absolute atomic E-state index is 12.9. The second-order valence-corrected chi connectivity index (χ2v) is 6.92. The number of likely N-dealkylation sites (tertiary alicyclic amines) is 1. The summed E-state index contributed by atoms with van der Waals surface area (Å²) in [4.78, 5) is 22.1. The lowest BCUT2D eigenvalue weighted by Crippen LogP contribution is -2.57. The van der Waals surface area contributed by atoms with Gasteiger partial charge in [-0.1, -0.05) is 13.8 Å². The number of carbonyl (C=O) groups excluding carboxylic acids is 1. The zero-order chi connectivity index (χ0) is 16.2. The molecule has 0 saturated carbocycles. The van der Waals surface area contributed by atoms with Gasteiger partial charge in [-0.3, -0.25) is 14.5 Å². The van der Waals surface area contributed by atoms with E-state index in [2.05, 4.69) is 28.9 Å². The Bertz CT molecular complexity index is 858. The molecule has 118 valence electrons. The van der Waals surface area contributed by atoms with E-state index in [0.717, 1.165) is 23.0 Å². The molecule has 0 radical (unpaired) electrons. The van der Waals surface area contributed by atoms with Crippen LogP contribution < -0.4 is 0 Å². The summed E-state index contributed by atoms with van der Waals surface area (Å²) in [6.07, 6.45) is 7.32. The third kappa shape index (κ3) is 2.13. The highest BCUT2D eigenvalue weighted by atomic mass is 16.2. The predicted octanol–water partition coefficient (Wildman–Crippen LogP) is 2.52. The molecule has 6 heteroatoms. The van der Waals surface area contributed by atoms with Gasteiger partial charge in [0, 0.05) is 54.1 Å². The number of nitrogens with zero attached hydrogens (tertiary/aromatic N) is 4. The third-order valence-electron chi connectivity index (χ3n) is 4.58. The van der Waals surface area contributed by atoms with Crippen LogP contribution in [-0.4, -0.2) is 37.1 Å². The van der Waals surface area contributed by atoms with Crippen molar-refractivity contribution < 1.29 is 4.79 Å². The number of amides is 1. The molecule has 1 amide bonds. The van der Waals surface area contributed by atoms with Gasteiger partial charge < -0.3 is 9.88 Å². The Morgan fingerprint density at radius 2 is 2.22 bits per heavy atom. The summed E-state index contributed by atoms with van der Waals surface area (Å²) in [5.41, 5.74) is 2.67. The highest BCUT2D eigenvalue weighted by Gasteiger charge is 2.49. The van der Waals surface area contributed by atoms with Crippen molar-refractivity contribution in [1.29, 1.82) is 0 Å². The minimum atomic E-state index is 0.0226. The highest BCUT2D eigenvalue weighted by Crippen LogP contribution is 2.48. The van der Waals surface area contributed by atoms with Crippen molar-refractivity contribution in [2.45, 2.75) is 19.9 Å². The quantitative estimate of drug-likeness (QED) is 0.791. The number of carbonyl (C=O) groups is 1. The number of H-pyrrole nitrogens is 1. The Labute approximate surface area is 134 Å². The first kappa shape index (κ1) is 14.0. The van der Waals surface area contributed by atoms with Crippen LogP contribution in [0, 0.1) is 5.41 Å². The van der Waals surface area contributed by atoms with Gasteiger partial charge >= 0.3 is 0 Å². The van der Waals surface area contributed by atoms with Crippen LogP contribution >= 0.6 is 0 Å². The Hall–Kier alpha value is -2.63. The van der Waals surface area contributed by atoms with E-state index in [4.69, 9.17) is 0 Å². The van der Waals surface area contributed by atoms with Gasteiger partial charge in [0.15, 0.2) is 0 Å². The SMILES string of the molecule is Cn1cc(C2N(C(=O)c3cc4cnccc4[nH]3)CC2(C)C)cn1. The van der Waals surface area contributed by atoms with Crippen LogP contribution in [0.5, 0.6) is 0 Å². The second kappa shape index (κ2) is 4.68. The molecule has 1 unspecified atom stereocenters. The van der Waals surface area contributed by atoms with E-state index in [0.29, 0.717) is 5.69 Å². The molecule has 1 aliphatic rings. The van der Waals surface area contributed by atoms with Gasteiger partial charge in [-0.15, -0.1) is 0 Å². The molecule has 0 aliphatic carbocycles. The molecule has 4 rings (SSSR count). The molecule has 1 saturated heterocycles. The summed E-state index contributed by atoms with van der Waals surface area (Å²) in [6, 6.07) is 3.80. The highest BCUT2D eigenvalue weighted by molar-refractivity contribution is 5.98. The molecule has 0 spiro atoms. The van der Waals surface area contributed by atoms with Crippen LogP contribution in [0.4, 0.5) is 0 Å². The van der Waals surface area contributed by atoms with Crippen molar-refractivity contribution in [1.82, 2.24) is 24.6 Å². The number of nitrogens with one attached hydrogen (secondary N) is 1. The lowest BCUT2D eigenvalue weighted by molar-refractivity contribution is -0.0326. The number of fused-ring (bicyclic) bond motifs is 1. The Kier molecular flexibility index (Phi) is 2.85. The molecule has 6 nitrogen and oxygen atoms in total. The molecular formula is C17H19N5O. The van der Waals surface area contributed by atoms with Crippen molar-refractivity contribution in [3.05, 3.63) is 48.2 Å². The number of hydrogen-bond donors (Lipinski definition) is 1. The summed E-state index contributed by atoms with van der Waals surface area (Å²) >= 11 is 0. The lowest BCUT2D eigenvalue weighted by Gasteiger charge is -2.53. The van der Waals surface area contributed by atoms with Gasteiger partial charge in [0.25, 0.3) is 5.91 Å². The molecule has 1 fully saturated rings. The van der Waals surface area contributed by atoms with Crippen LogP contribution in [0.25, 0.3) is 10.9 Å². The monoisotopic (exact) mass is 309 g/mol. The fourth-order valence-electron chi connectivity index (χ4n) is 3.57. The fraction of sp³-hybridized carbons (Fsp3) is 0.353. The molecular weight excluding hydrogens is 290 g/mol. The van der Waals surface area contributed by atoms with Crippen LogP contribution in [0.15, 0.2) is 36.9 Å². The molecule has 4 heterocycles. The van der Waals surface area contributed by atoms with E-state index < -0.39 is 0 Å². The summed E-state index contributed by atoms with van der Waals surface area (Å²) in [6.45, 7) is 5.10. The average molecular weight is 309 g/mol. The zero-order valence-corrected chi connectivity index (χ0v) is 13.4. The zero-order valence-electron chi connectivity index (χ0n) is 13.4. The minimum absolute atomic E-state index is 0.0226. The maximum atomic E-state index is 12.9. The number of hydrogen-bond acceptors (Lipinski definition) is 3. The predicted molar refractivity (Wildman–Crippen MR) is 86.9 cm³/mol. The van der Waals surface area contributed by atoms with E-state index in [1.807, 2.05) is 36.5 Å². The Morgan fingerprint density at radius 3 is 2.87 bits per heavy atom. The van der Waals surface area contributed by atoms with E-state index >= 15 is 0 Å². The van der Waals surface area contributed by atoms with Crippen molar-refractivity contribution in [2.24, 2.45) is 12.5 Å². The number of aryl methyl sites for hydroxylation is 1. The Balaban J connectivity index is 1.67. The van der Waals surface area contributed by atoms with E-state index in [9.17, 15) is 4.79 Å². The number of aromatic amines is 1. The standard InChI is InChI=1S/C17H19N5O/c1-17(2)10-22(15(17)12-8-19-21(3)9-12)16(23)14-6-11-7-18-5-4-13(11)20-14/h4-9,15,20H,10H2,1-3H3. The van der Waals surface area contributed by atoms with Gasteiger partial charge in [0.05, 0.1) is 12.2 Å². The van der Waals surface area contributed by atoms with Crippen LogP contribution in [0.2, 0.25) is 0 Å². The van der Waals surface area contributed by atoms with Gasteiger partial charge in [0.2, 0.25) is 0 Å². The van der Waals surface area contributed by atoms with Crippen molar-refractivity contribution in [3.8, 4) is 0 Å². The third-order valence-corrected chi connectivity index (χ3v) is 4.58. The Morgan fingerprint density at radius 1 is 1.39 bits per heavy atom. The van der Waals surface area contributed by atoms with E-state index in [-0.39, 0.29) is 17.4 Å². The largest absolute Gasteiger partial charge is 0.350 e. The van der Waals surface area contributed by atoms with Crippen molar-refractivity contribution in [2.75, 3.05) is 6.54 Å². The molecule has 23 heavy (non-hydrogen) atoms. The molecule has 3 aromatic heterocycles. The first-order valence-electron chi connectivity index (χ1n) is 7.68. The normalized spacial score (nSPS) is 19.8. The first-order valence-corrected chi connectivity index (χ1v) is 7.68. The van der Waals surface area contributed by atoms with Crippen LogP contribution in [0.1, 0.15) is 35.9 Å². The molecule has 0 bridgehead atoms. The van der Waals surface area contributed by atoms with Crippen molar-refractivity contribution >= 4 is 16.8 Å². The molecule has 1 atom stereocenters. The summed E-state index contributed by atoms with van der Waals surface area (Å²) in [5, 5.41) is 5.20. The lowest BCUT2D eigenvalue weighted by atomic mass is 9.72. The summed E-state index contributed by atoms with van der Waals surface area (Å²) < 4.78 is 1.78. The number of rotatable bonds is 2. The van der Waals surface area contributed by atoms with Crippen molar-refractivity contribution in [3.63, 3.8) is 0 Å². The van der Waals surface area contributed by atoms with Gasteiger partial charge in [-0.05, 0) is 12.1 Å². The van der Waals surface area contributed by atoms with E-state index in [1.54, 1.807) is 17.1 Å². The number of pyridine rings is 1. The topological polar surface area (TPSA) is 66.8 Å². The van der Waals surface area contributed by atoms with Crippen LogP contribution in [-0.2, 0) is 7.05 Å². The maximum Gasteiger partial charge on any atom is 0.270 e. The minimum Gasteiger partial charge on any atom is -0.350 e. The van der Waals surface area contributed by atoms with Gasteiger partial charge in [0.1, 0.15) is 5.69 Å². The summed E-state index contributed by atoms with van der Waals surface area (Å²) in [7, 11) is 1.89. The van der Waals surface area contributed by atoms with Crippen LogP contribution in [0.3, 0.4) is 0 Å². The number of aromatic nitrogens is 4. The molecule has 1 N–H and O–H groups in total. The van der Waals surface area contributed by atoms with Gasteiger partial charge in [-0.25, -0.2) is 0 Å². The van der Waals surface area contributed by atoms with E-state index in [1.165, 1.54) is 0 Å². The molecule has 1 aliphatic heterocycles. The average Bonchev–Trinajstić information content (AvgIpc) is 3.10. The smallest absolute Gasteiger partial charge is 0.270 e. The fourth-order valence-corrected chi connectivity index (χ4v) is 3.57. The molecule has 3 aromatic rings. The first-order chi connectivity index (χ1) is 11.0. The second-order valence-electron chi connectivity index (χ2n) is 6.92. The van der Waals surface area contributed by atoms with Gasteiger partial charge in [-0.2, -0.15) is 5.10 Å². The summed E-state index contributed by atoms with van der Waals surface area (Å²) in [5.74, 6) is 0.0226. The molecule has 0 aromatic carbocycles.